The summed E-state index contributed by atoms with van der Waals surface area (Å²) in [6.07, 6.45) is 61.7. The summed E-state index contributed by atoms with van der Waals surface area (Å²) >= 11 is 0. The standard InChI is InChI=1S/C58H117N2O6P/c1-6-8-10-12-14-16-18-20-22-24-25-26-27-28-29-30-31-32-33-34-36-37-39-41-43-45-47-49-51-57(61)56(55-66-67(63,64)65-54-53-60(3,4)5)59-58(62)52-50-48-46-44-42-40-38-35-23-21-19-17-15-13-11-9-7-2/h49,51,56-57,61H,6-48,50,52-55H2,1-5H3,(H-,59,62,63,64)/p+1/b51-49+. The van der Waals surface area contributed by atoms with E-state index in [-0.39, 0.29) is 19.1 Å². The lowest BCUT2D eigenvalue weighted by Gasteiger charge is -2.25. The Labute approximate surface area is 418 Å². The van der Waals surface area contributed by atoms with Crippen LogP contribution in [0.1, 0.15) is 303 Å². The van der Waals surface area contributed by atoms with Gasteiger partial charge in [0.05, 0.1) is 39.9 Å². The van der Waals surface area contributed by atoms with Crippen molar-refractivity contribution in [1.82, 2.24) is 5.32 Å². The first-order chi connectivity index (χ1) is 32.5. The van der Waals surface area contributed by atoms with Gasteiger partial charge in [-0.3, -0.25) is 13.8 Å². The van der Waals surface area contributed by atoms with Crippen molar-refractivity contribution in [2.75, 3.05) is 40.9 Å². The normalized spacial score (nSPS) is 14.0. The molecule has 0 aromatic rings. The highest BCUT2D eigenvalue weighted by Gasteiger charge is 2.27. The van der Waals surface area contributed by atoms with Crippen molar-refractivity contribution < 1.29 is 32.9 Å². The molecular weight excluding hydrogens is 852 g/mol. The smallest absolute Gasteiger partial charge is 0.387 e. The molecule has 0 saturated heterocycles. The summed E-state index contributed by atoms with van der Waals surface area (Å²) in [5.41, 5.74) is 0. The monoisotopic (exact) mass is 970 g/mol. The minimum Gasteiger partial charge on any atom is -0.387 e. The van der Waals surface area contributed by atoms with Crippen LogP contribution in [0.2, 0.25) is 0 Å². The zero-order valence-electron chi connectivity index (χ0n) is 45.7. The molecular formula is C58H118N2O6P+. The van der Waals surface area contributed by atoms with E-state index in [2.05, 4.69) is 19.2 Å². The van der Waals surface area contributed by atoms with Crippen LogP contribution in [0.4, 0.5) is 0 Å². The Balaban J connectivity index is 4.12. The molecule has 0 heterocycles. The number of phosphoric acid groups is 1. The Morgan fingerprint density at radius 3 is 1.10 bits per heavy atom. The number of quaternary nitrogens is 1. The van der Waals surface area contributed by atoms with Crippen LogP contribution in [0, 0.1) is 0 Å². The summed E-state index contributed by atoms with van der Waals surface area (Å²) < 4.78 is 23.7. The first kappa shape index (κ1) is 66.2. The highest BCUT2D eigenvalue weighted by molar-refractivity contribution is 7.47. The predicted octanol–water partition coefficient (Wildman–Crippen LogP) is 17.8. The number of amides is 1. The lowest BCUT2D eigenvalue weighted by atomic mass is 10.0. The molecule has 0 fully saturated rings. The van der Waals surface area contributed by atoms with Gasteiger partial charge < -0.3 is 19.8 Å². The Bertz CT molecular complexity index is 1100. The fourth-order valence-corrected chi connectivity index (χ4v) is 9.84. The van der Waals surface area contributed by atoms with E-state index in [0.717, 1.165) is 32.1 Å². The SMILES string of the molecule is CCCCCCCCCCCCCCCCCCCCCCCCCCCC/C=C/C(O)C(COP(=O)(O)OCC[N+](C)(C)C)NC(=O)CCCCCCCCCCCCCCCCCCC. The van der Waals surface area contributed by atoms with E-state index in [4.69, 9.17) is 9.05 Å². The third kappa shape index (κ3) is 52.9. The van der Waals surface area contributed by atoms with Gasteiger partial charge in [-0.2, -0.15) is 0 Å². The summed E-state index contributed by atoms with van der Waals surface area (Å²) in [5.74, 6) is -0.170. The third-order valence-corrected chi connectivity index (χ3v) is 14.7. The number of carbonyl (C=O) groups is 1. The number of nitrogens with zero attached hydrogens (tertiary/aromatic N) is 1. The Kier molecular flexibility index (Phi) is 49.6. The van der Waals surface area contributed by atoms with Crippen molar-refractivity contribution in [2.45, 2.75) is 315 Å². The number of hydrogen-bond donors (Lipinski definition) is 3. The maximum Gasteiger partial charge on any atom is 0.472 e. The number of carbonyl (C=O) groups excluding carboxylic acids is 1. The lowest BCUT2D eigenvalue weighted by Crippen LogP contribution is -2.45. The molecule has 0 saturated carbocycles. The Hall–Kier alpha value is -0.760. The van der Waals surface area contributed by atoms with E-state index < -0.39 is 20.0 Å². The zero-order chi connectivity index (χ0) is 49.2. The van der Waals surface area contributed by atoms with Crippen molar-refractivity contribution in [2.24, 2.45) is 0 Å². The largest absolute Gasteiger partial charge is 0.472 e. The molecule has 3 N–H and O–H groups in total. The minimum absolute atomic E-state index is 0.0652. The third-order valence-electron chi connectivity index (χ3n) is 13.8. The molecule has 9 heteroatoms. The van der Waals surface area contributed by atoms with Crippen molar-refractivity contribution in [3.8, 4) is 0 Å². The van der Waals surface area contributed by atoms with Crippen LogP contribution < -0.4 is 5.32 Å². The molecule has 0 aliphatic rings. The van der Waals surface area contributed by atoms with E-state index in [1.807, 2.05) is 27.2 Å². The van der Waals surface area contributed by atoms with E-state index in [1.165, 1.54) is 250 Å². The van der Waals surface area contributed by atoms with E-state index >= 15 is 0 Å². The minimum atomic E-state index is -4.34. The van der Waals surface area contributed by atoms with Crippen LogP contribution in [0.3, 0.4) is 0 Å². The average Bonchev–Trinajstić information content (AvgIpc) is 3.29. The molecule has 0 rings (SSSR count). The number of phosphoric ester groups is 1. The maximum absolute atomic E-state index is 13.0. The number of aliphatic hydroxyl groups is 1. The predicted molar refractivity (Wildman–Crippen MR) is 291 cm³/mol. The summed E-state index contributed by atoms with van der Waals surface area (Å²) in [6, 6.07) is -0.842. The van der Waals surface area contributed by atoms with Crippen LogP contribution in [0.5, 0.6) is 0 Å². The van der Waals surface area contributed by atoms with Crippen molar-refractivity contribution in [1.29, 1.82) is 0 Å². The van der Waals surface area contributed by atoms with Gasteiger partial charge in [-0.1, -0.05) is 289 Å². The maximum atomic E-state index is 13.0. The quantitative estimate of drug-likeness (QED) is 0.0243. The van der Waals surface area contributed by atoms with Crippen LogP contribution in [0.25, 0.3) is 0 Å². The number of likely N-dealkylation sites (N-methyl/N-ethyl adjacent to an activating group) is 1. The Morgan fingerprint density at radius 2 is 0.791 bits per heavy atom. The van der Waals surface area contributed by atoms with E-state index in [1.54, 1.807) is 6.08 Å². The number of nitrogens with one attached hydrogen (secondary N) is 1. The van der Waals surface area contributed by atoms with E-state index in [9.17, 15) is 19.4 Å². The van der Waals surface area contributed by atoms with Crippen LogP contribution in [-0.4, -0.2) is 73.4 Å². The average molecular weight is 971 g/mol. The van der Waals surface area contributed by atoms with Gasteiger partial charge in [-0.05, 0) is 19.3 Å². The zero-order valence-corrected chi connectivity index (χ0v) is 46.6. The molecule has 0 aliphatic carbocycles. The highest BCUT2D eigenvalue weighted by atomic mass is 31.2. The fraction of sp³-hybridized carbons (Fsp3) is 0.948. The molecule has 0 aromatic carbocycles. The summed E-state index contributed by atoms with van der Waals surface area (Å²) in [5, 5.41) is 13.9. The second kappa shape index (κ2) is 50.2. The number of aliphatic hydroxyl groups excluding tert-OH is 1. The van der Waals surface area contributed by atoms with Crippen molar-refractivity contribution in [3.63, 3.8) is 0 Å². The number of hydrogen-bond acceptors (Lipinski definition) is 5. The molecule has 0 aliphatic heterocycles. The van der Waals surface area contributed by atoms with Gasteiger partial charge in [-0.25, -0.2) is 4.57 Å². The summed E-state index contributed by atoms with van der Waals surface area (Å²) in [7, 11) is 1.59. The number of rotatable bonds is 55. The second-order valence-corrected chi connectivity index (χ2v) is 23.2. The molecule has 0 bridgehead atoms. The van der Waals surface area contributed by atoms with Gasteiger partial charge in [-0.15, -0.1) is 0 Å². The van der Waals surface area contributed by atoms with Crippen molar-refractivity contribution in [3.05, 3.63) is 12.2 Å². The van der Waals surface area contributed by atoms with Gasteiger partial charge in [0.2, 0.25) is 5.91 Å². The van der Waals surface area contributed by atoms with Gasteiger partial charge in [0, 0.05) is 6.42 Å². The molecule has 67 heavy (non-hydrogen) atoms. The molecule has 400 valence electrons. The van der Waals surface area contributed by atoms with Gasteiger partial charge >= 0.3 is 7.82 Å². The van der Waals surface area contributed by atoms with Crippen LogP contribution in [-0.2, 0) is 18.4 Å². The number of allylic oxidation sites excluding steroid dienone is 1. The molecule has 1 amide bonds. The first-order valence-corrected chi connectivity index (χ1v) is 31.1. The second-order valence-electron chi connectivity index (χ2n) is 21.7. The van der Waals surface area contributed by atoms with Gasteiger partial charge in [0.25, 0.3) is 0 Å². The summed E-state index contributed by atoms with van der Waals surface area (Å²) in [6.45, 7) is 4.87. The molecule has 0 radical (unpaired) electrons. The fourth-order valence-electron chi connectivity index (χ4n) is 9.10. The summed E-state index contributed by atoms with van der Waals surface area (Å²) in [4.78, 5) is 23.3. The first-order valence-electron chi connectivity index (χ1n) is 29.6. The topological polar surface area (TPSA) is 105 Å². The van der Waals surface area contributed by atoms with Gasteiger partial charge in [0.15, 0.2) is 0 Å². The number of unbranched alkanes of at least 4 members (excludes halogenated alkanes) is 42. The molecule has 0 aromatic heterocycles. The van der Waals surface area contributed by atoms with Crippen molar-refractivity contribution >= 4 is 13.7 Å². The highest BCUT2D eigenvalue weighted by Crippen LogP contribution is 2.43. The van der Waals surface area contributed by atoms with Crippen LogP contribution >= 0.6 is 7.82 Å². The van der Waals surface area contributed by atoms with Gasteiger partial charge in [0.1, 0.15) is 13.2 Å². The lowest BCUT2D eigenvalue weighted by molar-refractivity contribution is -0.870. The van der Waals surface area contributed by atoms with E-state index in [0.29, 0.717) is 17.4 Å². The molecule has 8 nitrogen and oxygen atoms in total. The molecule has 0 spiro atoms. The Morgan fingerprint density at radius 1 is 0.493 bits per heavy atom. The molecule has 3 unspecified atom stereocenters. The van der Waals surface area contributed by atoms with Crippen LogP contribution in [0.15, 0.2) is 12.2 Å². The molecule has 3 atom stereocenters.